The van der Waals surface area contributed by atoms with E-state index in [1.807, 2.05) is 30.3 Å². The molecule has 154 valence electrons. The number of carbonyl (C=O) groups excluding carboxylic acids is 2. The van der Waals surface area contributed by atoms with Crippen molar-refractivity contribution in [1.82, 2.24) is 9.78 Å². The van der Waals surface area contributed by atoms with Crippen LogP contribution in [-0.2, 0) is 0 Å². The second-order valence-corrected chi connectivity index (χ2v) is 6.69. The summed E-state index contributed by atoms with van der Waals surface area (Å²) in [6, 6.07) is 18.3. The Morgan fingerprint density at radius 3 is 2.29 bits per heavy atom. The molecule has 1 heterocycles. The second-order valence-electron chi connectivity index (χ2n) is 6.69. The van der Waals surface area contributed by atoms with E-state index in [2.05, 4.69) is 10.4 Å². The normalized spacial score (nSPS) is 10.6. The van der Waals surface area contributed by atoms with Crippen LogP contribution < -0.4 is 11.1 Å². The Bertz CT molecular complexity index is 1270. The Morgan fingerprint density at radius 2 is 1.61 bits per heavy atom. The van der Waals surface area contributed by atoms with Crippen LogP contribution in [-0.4, -0.2) is 21.6 Å². The zero-order valence-electron chi connectivity index (χ0n) is 16.0. The lowest BCUT2D eigenvalue weighted by Gasteiger charge is -2.07. The molecule has 0 saturated heterocycles. The van der Waals surface area contributed by atoms with E-state index >= 15 is 0 Å². The van der Waals surface area contributed by atoms with Gasteiger partial charge in [0.15, 0.2) is 0 Å². The van der Waals surface area contributed by atoms with Gasteiger partial charge in [-0.25, -0.2) is 13.5 Å². The molecular weight excluding hydrogens is 402 g/mol. The number of halogens is 2. The van der Waals surface area contributed by atoms with E-state index in [0.717, 1.165) is 17.8 Å². The van der Waals surface area contributed by atoms with Crippen LogP contribution >= 0.6 is 0 Å². The number of nitrogens with zero attached hydrogens (tertiary/aromatic N) is 2. The lowest BCUT2D eigenvalue weighted by Crippen LogP contribution is -2.16. The van der Waals surface area contributed by atoms with Gasteiger partial charge >= 0.3 is 0 Å². The predicted molar refractivity (Wildman–Crippen MR) is 112 cm³/mol. The Kier molecular flexibility index (Phi) is 5.28. The van der Waals surface area contributed by atoms with E-state index in [0.29, 0.717) is 11.3 Å². The van der Waals surface area contributed by atoms with Gasteiger partial charge in [-0.15, -0.1) is 0 Å². The minimum Gasteiger partial charge on any atom is -0.366 e. The highest BCUT2D eigenvalue weighted by Crippen LogP contribution is 2.25. The minimum absolute atomic E-state index is 0.192. The number of hydrogen-bond donors (Lipinski definition) is 2. The number of aromatic nitrogens is 2. The first-order valence-electron chi connectivity index (χ1n) is 9.24. The molecule has 0 fully saturated rings. The first kappa shape index (κ1) is 20.0. The van der Waals surface area contributed by atoms with Crippen LogP contribution in [0.2, 0.25) is 0 Å². The Morgan fingerprint density at radius 1 is 0.903 bits per heavy atom. The molecule has 3 aromatic carbocycles. The highest BCUT2D eigenvalue weighted by Gasteiger charge is 2.20. The van der Waals surface area contributed by atoms with Gasteiger partial charge < -0.3 is 11.1 Å². The summed E-state index contributed by atoms with van der Waals surface area (Å²) in [6.45, 7) is 0. The molecule has 0 atom stereocenters. The van der Waals surface area contributed by atoms with Gasteiger partial charge in [0.05, 0.1) is 16.8 Å². The maximum Gasteiger partial charge on any atom is 0.259 e. The fourth-order valence-electron chi connectivity index (χ4n) is 3.06. The van der Waals surface area contributed by atoms with Crippen LogP contribution in [0.5, 0.6) is 0 Å². The third kappa shape index (κ3) is 4.18. The van der Waals surface area contributed by atoms with Crippen molar-refractivity contribution in [3.8, 4) is 16.9 Å². The average molecular weight is 418 g/mol. The van der Waals surface area contributed by atoms with Crippen molar-refractivity contribution in [2.75, 3.05) is 5.32 Å². The van der Waals surface area contributed by atoms with Crippen molar-refractivity contribution in [3.63, 3.8) is 0 Å². The topological polar surface area (TPSA) is 90.0 Å². The largest absolute Gasteiger partial charge is 0.366 e. The molecule has 0 bridgehead atoms. The average Bonchev–Trinajstić information content (AvgIpc) is 3.22. The molecule has 31 heavy (non-hydrogen) atoms. The summed E-state index contributed by atoms with van der Waals surface area (Å²) in [5.74, 6) is -2.68. The highest BCUT2D eigenvalue weighted by molar-refractivity contribution is 6.08. The van der Waals surface area contributed by atoms with Gasteiger partial charge in [-0.3, -0.25) is 9.59 Å². The summed E-state index contributed by atoms with van der Waals surface area (Å²) >= 11 is 0. The number of carbonyl (C=O) groups is 2. The van der Waals surface area contributed by atoms with Crippen LogP contribution in [0, 0.1) is 11.6 Å². The van der Waals surface area contributed by atoms with Crippen LogP contribution in [0.25, 0.3) is 16.9 Å². The van der Waals surface area contributed by atoms with Crippen molar-refractivity contribution in [2.45, 2.75) is 0 Å². The summed E-state index contributed by atoms with van der Waals surface area (Å²) in [5, 5.41) is 7.13. The quantitative estimate of drug-likeness (QED) is 0.510. The lowest BCUT2D eigenvalue weighted by molar-refractivity contribution is 0.0992. The van der Waals surface area contributed by atoms with E-state index in [1.54, 1.807) is 6.20 Å². The molecule has 4 rings (SSSR count). The number of amides is 2. The zero-order valence-corrected chi connectivity index (χ0v) is 16.0. The van der Waals surface area contributed by atoms with Gasteiger partial charge in [0.25, 0.3) is 11.8 Å². The molecule has 0 unspecified atom stereocenters. The van der Waals surface area contributed by atoms with Gasteiger partial charge in [0, 0.05) is 17.4 Å². The summed E-state index contributed by atoms with van der Waals surface area (Å²) < 4.78 is 28.6. The molecule has 0 spiro atoms. The van der Waals surface area contributed by atoms with Gasteiger partial charge in [0.2, 0.25) is 0 Å². The molecule has 0 aliphatic rings. The summed E-state index contributed by atoms with van der Waals surface area (Å²) in [5.41, 5.74) is 6.83. The first-order valence-corrected chi connectivity index (χ1v) is 9.24. The van der Waals surface area contributed by atoms with Gasteiger partial charge in [-0.05, 0) is 54.6 Å². The molecular formula is C23H16F2N4O2. The fraction of sp³-hybridized carbons (Fsp3) is 0. The lowest BCUT2D eigenvalue weighted by atomic mass is 10.1. The summed E-state index contributed by atoms with van der Waals surface area (Å²) in [4.78, 5) is 24.4. The molecule has 8 heteroatoms. The van der Waals surface area contributed by atoms with Crippen molar-refractivity contribution >= 4 is 17.5 Å². The summed E-state index contributed by atoms with van der Waals surface area (Å²) in [7, 11) is 0. The standard InChI is InChI=1S/C23H16F2N4O2/c24-15-8-6-14(7-9-15)21-19(13-29(28-21)17-4-2-1-3-5-17)23(31)27-16-10-11-20(25)18(12-16)22(26)30/h1-13H,(H2,26,30)(H,27,31). The molecule has 4 aromatic rings. The molecule has 0 radical (unpaired) electrons. The third-order valence-electron chi connectivity index (χ3n) is 4.59. The molecule has 2 amide bonds. The van der Waals surface area contributed by atoms with Crippen LogP contribution in [0.3, 0.4) is 0 Å². The zero-order chi connectivity index (χ0) is 22.0. The SMILES string of the molecule is NC(=O)c1cc(NC(=O)c2cn(-c3ccccc3)nc2-c2ccc(F)cc2)ccc1F. The van der Waals surface area contributed by atoms with E-state index < -0.39 is 23.4 Å². The van der Waals surface area contributed by atoms with Crippen molar-refractivity contribution in [3.05, 3.63) is 102 Å². The Balaban J connectivity index is 1.75. The van der Waals surface area contributed by atoms with Gasteiger partial charge in [-0.2, -0.15) is 5.10 Å². The third-order valence-corrected chi connectivity index (χ3v) is 4.59. The second kappa shape index (κ2) is 8.19. The molecule has 3 N–H and O–H groups in total. The predicted octanol–water partition coefficient (Wildman–Crippen LogP) is 4.17. The molecule has 0 aliphatic carbocycles. The van der Waals surface area contributed by atoms with Crippen LogP contribution in [0.4, 0.5) is 14.5 Å². The van der Waals surface area contributed by atoms with Gasteiger partial charge in [0.1, 0.15) is 17.3 Å². The van der Waals surface area contributed by atoms with E-state index in [-0.39, 0.29) is 16.8 Å². The maximum absolute atomic E-state index is 13.7. The minimum atomic E-state index is -0.947. The molecule has 0 aliphatic heterocycles. The fourth-order valence-corrected chi connectivity index (χ4v) is 3.06. The molecule has 6 nitrogen and oxygen atoms in total. The first-order chi connectivity index (χ1) is 14.9. The molecule has 0 saturated carbocycles. The Labute approximate surface area is 175 Å². The van der Waals surface area contributed by atoms with E-state index in [1.165, 1.54) is 35.0 Å². The highest BCUT2D eigenvalue weighted by atomic mass is 19.1. The number of nitrogens with two attached hydrogens (primary N) is 1. The van der Waals surface area contributed by atoms with E-state index in [4.69, 9.17) is 5.73 Å². The smallest absolute Gasteiger partial charge is 0.259 e. The number of benzene rings is 3. The van der Waals surface area contributed by atoms with Crippen LogP contribution in [0.15, 0.2) is 79.0 Å². The molecule has 1 aromatic heterocycles. The van der Waals surface area contributed by atoms with Crippen molar-refractivity contribution in [2.24, 2.45) is 5.73 Å². The van der Waals surface area contributed by atoms with Crippen LogP contribution in [0.1, 0.15) is 20.7 Å². The summed E-state index contributed by atoms with van der Waals surface area (Å²) in [6.07, 6.45) is 1.54. The number of primary amides is 1. The number of para-hydroxylation sites is 1. The van der Waals surface area contributed by atoms with E-state index in [9.17, 15) is 18.4 Å². The number of rotatable bonds is 5. The monoisotopic (exact) mass is 418 g/mol. The van der Waals surface area contributed by atoms with Crippen molar-refractivity contribution < 1.29 is 18.4 Å². The van der Waals surface area contributed by atoms with Gasteiger partial charge in [-0.1, -0.05) is 18.2 Å². The Hall–Kier alpha value is -4.33. The number of anilines is 1. The van der Waals surface area contributed by atoms with Crippen molar-refractivity contribution in [1.29, 1.82) is 0 Å². The number of hydrogen-bond acceptors (Lipinski definition) is 3. The maximum atomic E-state index is 13.7. The number of nitrogens with one attached hydrogen (secondary N) is 1.